The molecule has 7 heteroatoms. The van der Waals surface area contributed by atoms with Gasteiger partial charge < -0.3 is 5.73 Å². The summed E-state index contributed by atoms with van der Waals surface area (Å²) in [5.41, 5.74) is 7.43. The van der Waals surface area contributed by atoms with Crippen LogP contribution in [-0.4, -0.2) is 11.2 Å². The molecule has 1 heterocycles. The molecule has 4 nitrogen and oxygen atoms in total. The summed E-state index contributed by atoms with van der Waals surface area (Å²) in [4.78, 5) is 8.09. The number of anilines is 1. The van der Waals surface area contributed by atoms with Crippen LogP contribution in [0.3, 0.4) is 0 Å². The summed E-state index contributed by atoms with van der Waals surface area (Å²) in [6, 6.07) is 4.93. The Hall–Kier alpha value is -1.80. The number of nitrogens with two attached hydrogens (primary N) is 1. The van der Waals surface area contributed by atoms with Crippen LogP contribution in [0, 0.1) is 11.3 Å². The van der Waals surface area contributed by atoms with E-state index in [-0.39, 0.29) is 10.0 Å². The smallest absolute Gasteiger partial charge is 0.100 e. The summed E-state index contributed by atoms with van der Waals surface area (Å²) in [5, 5.41) is 9.70. The molecule has 0 bridgehead atoms. The number of nitrogens with zero attached hydrogens (tertiary/aromatic N) is 3. The zero-order valence-electron chi connectivity index (χ0n) is 9.94. The Bertz CT molecular complexity index is 712. The monoisotopic (exact) mass is 324 g/mol. The van der Waals surface area contributed by atoms with Crippen molar-refractivity contribution in [2.24, 2.45) is 4.99 Å². The van der Waals surface area contributed by atoms with Gasteiger partial charge in [0.15, 0.2) is 0 Å². The number of rotatable bonds is 2. The molecule has 1 aromatic heterocycles. The van der Waals surface area contributed by atoms with Crippen LogP contribution in [0.4, 0.5) is 11.4 Å². The fourth-order valence-corrected chi connectivity index (χ4v) is 2.20. The van der Waals surface area contributed by atoms with E-state index in [9.17, 15) is 0 Å². The summed E-state index contributed by atoms with van der Waals surface area (Å²) in [6.07, 6.45) is 4.43. The van der Waals surface area contributed by atoms with Gasteiger partial charge in [-0.1, -0.05) is 34.8 Å². The van der Waals surface area contributed by atoms with Crippen molar-refractivity contribution >= 4 is 52.4 Å². The zero-order chi connectivity index (χ0) is 14.7. The van der Waals surface area contributed by atoms with Gasteiger partial charge in [0.2, 0.25) is 0 Å². The molecule has 0 fully saturated rings. The predicted molar refractivity (Wildman–Crippen MR) is 82.1 cm³/mol. The largest absolute Gasteiger partial charge is 0.397 e. The molecule has 0 aliphatic rings. The van der Waals surface area contributed by atoms with Crippen LogP contribution in [0.1, 0.15) is 11.1 Å². The predicted octanol–water partition coefficient (Wildman–Crippen LogP) is 4.25. The van der Waals surface area contributed by atoms with Crippen molar-refractivity contribution in [2.45, 2.75) is 0 Å². The topological polar surface area (TPSA) is 75.1 Å². The molecule has 0 unspecified atom stereocenters. The van der Waals surface area contributed by atoms with Gasteiger partial charge in [0, 0.05) is 24.2 Å². The maximum atomic E-state index is 8.81. The normalized spacial score (nSPS) is 10.7. The Kier molecular flexibility index (Phi) is 4.46. The molecule has 2 rings (SSSR count). The molecule has 0 amide bonds. The average molecular weight is 326 g/mol. The molecule has 100 valence electrons. The molecule has 0 aliphatic heterocycles. The quantitative estimate of drug-likeness (QED) is 0.839. The molecule has 2 aromatic rings. The molecular formula is C13H7Cl3N4. The van der Waals surface area contributed by atoms with E-state index in [0.29, 0.717) is 27.5 Å². The van der Waals surface area contributed by atoms with E-state index in [2.05, 4.69) is 9.98 Å². The van der Waals surface area contributed by atoms with Crippen molar-refractivity contribution in [3.05, 3.63) is 50.7 Å². The minimum atomic E-state index is 0.277. The summed E-state index contributed by atoms with van der Waals surface area (Å²) in [6.45, 7) is 0. The van der Waals surface area contributed by atoms with Crippen LogP contribution in [-0.2, 0) is 0 Å². The van der Waals surface area contributed by atoms with Gasteiger partial charge in [-0.25, -0.2) is 0 Å². The second-order valence-corrected chi connectivity index (χ2v) is 5.00. The van der Waals surface area contributed by atoms with Crippen molar-refractivity contribution in [1.82, 2.24) is 4.98 Å². The fraction of sp³-hybridized carbons (Fsp3) is 0. The number of hydrogen-bond acceptors (Lipinski definition) is 4. The van der Waals surface area contributed by atoms with Crippen LogP contribution in [0.25, 0.3) is 0 Å². The molecule has 0 aliphatic carbocycles. The van der Waals surface area contributed by atoms with Crippen molar-refractivity contribution in [3.63, 3.8) is 0 Å². The van der Waals surface area contributed by atoms with Crippen LogP contribution in [0.5, 0.6) is 0 Å². The number of nitrogen functional groups attached to an aromatic ring is 1. The maximum absolute atomic E-state index is 8.81. The van der Waals surface area contributed by atoms with Gasteiger partial charge >= 0.3 is 0 Å². The number of hydrogen-bond donors (Lipinski definition) is 1. The maximum Gasteiger partial charge on any atom is 0.100 e. The first kappa shape index (κ1) is 14.6. The first-order chi connectivity index (χ1) is 9.52. The second kappa shape index (κ2) is 6.10. The molecule has 20 heavy (non-hydrogen) atoms. The van der Waals surface area contributed by atoms with E-state index >= 15 is 0 Å². The lowest BCUT2D eigenvalue weighted by Gasteiger charge is -2.03. The van der Waals surface area contributed by atoms with E-state index in [4.69, 9.17) is 45.8 Å². The highest BCUT2D eigenvalue weighted by molar-refractivity contribution is 6.39. The number of aliphatic imine (C=N–C) groups is 1. The molecular weight excluding hydrogens is 319 g/mol. The highest BCUT2D eigenvalue weighted by Gasteiger charge is 2.08. The molecule has 0 atom stereocenters. The van der Waals surface area contributed by atoms with Gasteiger partial charge in [-0.3, -0.25) is 9.98 Å². The summed E-state index contributed by atoms with van der Waals surface area (Å²) < 4.78 is 0. The van der Waals surface area contributed by atoms with Gasteiger partial charge in [0.25, 0.3) is 0 Å². The summed E-state index contributed by atoms with van der Waals surface area (Å²) >= 11 is 17.9. The molecule has 2 N–H and O–H groups in total. The first-order valence-corrected chi connectivity index (χ1v) is 6.48. The Morgan fingerprint density at radius 1 is 1.15 bits per heavy atom. The molecule has 1 aromatic carbocycles. The highest BCUT2D eigenvalue weighted by Crippen LogP contribution is 2.34. The third-order valence-electron chi connectivity index (χ3n) is 2.45. The van der Waals surface area contributed by atoms with Crippen molar-refractivity contribution in [2.75, 3.05) is 5.73 Å². The van der Waals surface area contributed by atoms with E-state index in [1.165, 1.54) is 30.7 Å². The summed E-state index contributed by atoms with van der Waals surface area (Å²) in [5.74, 6) is 0. The SMILES string of the molecule is N#Cc1cc(Cl)c(N=Cc2cncc(Cl)c2N)c(Cl)c1. The third-order valence-corrected chi connectivity index (χ3v) is 3.33. The summed E-state index contributed by atoms with van der Waals surface area (Å²) in [7, 11) is 0. The highest BCUT2D eigenvalue weighted by atomic mass is 35.5. The average Bonchev–Trinajstić information content (AvgIpc) is 2.42. The molecule has 0 saturated heterocycles. The third kappa shape index (κ3) is 3.02. The van der Waals surface area contributed by atoms with Crippen molar-refractivity contribution in [1.29, 1.82) is 5.26 Å². The number of aromatic nitrogens is 1. The van der Waals surface area contributed by atoms with E-state index < -0.39 is 0 Å². The lowest BCUT2D eigenvalue weighted by molar-refractivity contribution is 1.32. The lowest BCUT2D eigenvalue weighted by Crippen LogP contribution is -1.95. The molecule has 0 spiro atoms. The van der Waals surface area contributed by atoms with Gasteiger partial charge in [0.05, 0.1) is 32.4 Å². The standard InChI is InChI=1S/C13H7Cl3N4/c14-9-1-7(3-17)2-10(15)13(9)20-5-8-4-19-6-11(16)12(8)18/h1-2,4-6H,(H2,18,19). The number of benzene rings is 1. The zero-order valence-corrected chi connectivity index (χ0v) is 12.2. The Labute approximate surface area is 130 Å². The Morgan fingerprint density at radius 2 is 1.80 bits per heavy atom. The van der Waals surface area contributed by atoms with Gasteiger partial charge in [-0.2, -0.15) is 5.26 Å². The van der Waals surface area contributed by atoms with E-state index in [0.717, 1.165) is 0 Å². The van der Waals surface area contributed by atoms with E-state index in [1.54, 1.807) is 0 Å². The van der Waals surface area contributed by atoms with Crippen molar-refractivity contribution in [3.8, 4) is 6.07 Å². The second-order valence-electron chi connectivity index (χ2n) is 3.78. The Balaban J connectivity index is 2.42. The molecule has 0 saturated carbocycles. The number of nitriles is 1. The fourth-order valence-electron chi connectivity index (χ4n) is 1.45. The minimum absolute atomic E-state index is 0.277. The van der Waals surface area contributed by atoms with Crippen LogP contribution in [0.15, 0.2) is 29.5 Å². The lowest BCUT2D eigenvalue weighted by atomic mass is 10.2. The Morgan fingerprint density at radius 3 is 2.40 bits per heavy atom. The number of halogens is 3. The molecule has 0 radical (unpaired) electrons. The number of pyridine rings is 1. The van der Waals surface area contributed by atoms with Crippen molar-refractivity contribution < 1.29 is 0 Å². The van der Waals surface area contributed by atoms with E-state index in [1.807, 2.05) is 6.07 Å². The van der Waals surface area contributed by atoms with Crippen LogP contribution < -0.4 is 5.73 Å². The minimum Gasteiger partial charge on any atom is -0.397 e. The van der Waals surface area contributed by atoms with Crippen LogP contribution in [0.2, 0.25) is 15.1 Å². The van der Waals surface area contributed by atoms with Gasteiger partial charge in [-0.15, -0.1) is 0 Å². The van der Waals surface area contributed by atoms with Gasteiger partial charge in [-0.05, 0) is 12.1 Å². The first-order valence-electron chi connectivity index (χ1n) is 5.35. The van der Waals surface area contributed by atoms with Gasteiger partial charge in [0.1, 0.15) is 5.69 Å². The van der Waals surface area contributed by atoms with Crippen LogP contribution >= 0.6 is 34.8 Å².